The zero-order chi connectivity index (χ0) is 14.4. The lowest BCUT2D eigenvalue weighted by atomic mass is 10.2. The Morgan fingerprint density at radius 1 is 1.47 bits per heavy atom. The topological polar surface area (TPSA) is 109 Å². The van der Waals surface area contributed by atoms with Crippen LogP contribution in [0.25, 0.3) is 0 Å². The summed E-state index contributed by atoms with van der Waals surface area (Å²) >= 11 is 0. The number of hydrogen-bond donors (Lipinski definition) is 3. The van der Waals surface area contributed by atoms with E-state index in [9.17, 15) is 13.2 Å². The molecular formula is C12H16N2O4S. The third-order valence-electron chi connectivity index (χ3n) is 3.33. The van der Waals surface area contributed by atoms with Crippen LogP contribution in [0, 0.1) is 5.41 Å². The van der Waals surface area contributed by atoms with Gasteiger partial charge in [-0.2, -0.15) is 0 Å². The molecular weight excluding hydrogens is 268 g/mol. The molecule has 1 saturated carbocycles. The highest BCUT2D eigenvalue weighted by Gasteiger charge is 2.48. The van der Waals surface area contributed by atoms with E-state index in [-0.39, 0.29) is 27.6 Å². The summed E-state index contributed by atoms with van der Waals surface area (Å²) in [6.45, 7) is 3.89. The molecule has 0 aromatic heterocycles. The van der Waals surface area contributed by atoms with Gasteiger partial charge in [0.05, 0.1) is 10.5 Å². The molecule has 0 aliphatic heterocycles. The van der Waals surface area contributed by atoms with Crippen molar-refractivity contribution in [2.24, 2.45) is 5.41 Å². The Hall–Kier alpha value is -1.60. The van der Waals surface area contributed by atoms with E-state index in [1.807, 2.05) is 13.8 Å². The summed E-state index contributed by atoms with van der Waals surface area (Å²) in [6.07, 6.45) is 0.740. The first kappa shape index (κ1) is 13.8. The Morgan fingerprint density at radius 3 is 2.53 bits per heavy atom. The zero-order valence-corrected chi connectivity index (χ0v) is 11.5. The van der Waals surface area contributed by atoms with Crippen molar-refractivity contribution in [2.45, 2.75) is 31.2 Å². The van der Waals surface area contributed by atoms with Crippen molar-refractivity contribution in [3.63, 3.8) is 0 Å². The second-order valence-corrected chi connectivity index (χ2v) is 7.11. The molecule has 0 spiro atoms. The van der Waals surface area contributed by atoms with Crippen molar-refractivity contribution in [1.29, 1.82) is 0 Å². The lowest BCUT2D eigenvalue weighted by Crippen LogP contribution is -2.29. The number of hydrogen-bond acceptors (Lipinski definition) is 4. The molecule has 1 atom stereocenters. The van der Waals surface area contributed by atoms with Gasteiger partial charge in [-0.05, 0) is 30.0 Å². The predicted molar refractivity (Wildman–Crippen MR) is 70.3 cm³/mol. The largest absolute Gasteiger partial charge is 0.478 e. The van der Waals surface area contributed by atoms with Crippen LogP contribution in [0.15, 0.2) is 23.1 Å². The average molecular weight is 284 g/mol. The fourth-order valence-electron chi connectivity index (χ4n) is 1.87. The molecule has 1 unspecified atom stereocenters. The van der Waals surface area contributed by atoms with Gasteiger partial charge >= 0.3 is 5.97 Å². The molecule has 0 heterocycles. The first-order valence-corrected chi connectivity index (χ1v) is 7.27. The summed E-state index contributed by atoms with van der Waals surface area (Å²) in [4.78, 5) is 10.8. The van der Waals surface area contributed by atoms with E-state index in [0.717, 1.165) is 12.5 Å². The van der Waals surface area contributed by atoms with Crippen molar-refractivity contribution < 1.29 is 18.3 Å². The number of nitrogen functional groups attached to an aromatic ring is 1. The number of nitrogens with two attached hydrogens (primary N) is 1. The standard InChI is InChI=1S/C12H16N2O4S/c1-12(2)6-10(12)14-19(17,18)9-4-3-7(13)5-8(9)11(15)16/h3-5,10,14H,6,13H2,1-2H3,(H,15,16). The Balaban J connectivity index is 2.38. The summed E-state index contributed by atoms with van der Waals surface area (Å²) in [5, 5.41) is 9.06. The van der Waals surface area contributed by atoms with Crippen LogP contribution in [0.5, 0.6) is 0 Å². The summed E-state index contributed by atoms with van der Waals surface area (Å²) in [5.41, 5.74) is 5.30. The Labute approximate surface area is 111 Å². The number of sulfonamides is 1. The lowest BCUT2D eigenvalue weighted by molar-refractivity contribution is 0.0692. The van der Waals surface area contributed by atoms with Gasteiger partial charge in [0, 0.05) is 11.7 Å². The van der Waals surface area contributed by atoms with Crippen molar-refractivity contribution in [1.82, 2.24) is 4.72 Å². The van der Waals surface area contributed by atoms with E-state index >= 15 is 0 Å². The molecule has 4 N–H and O–H groups in total. The summed E-state index contributed by atoms with van der Waals surface area (Å²) in [6, 6.07) is 3.58. The highest BCUT2D eigenvalue weighted by molar-refractivity contribution is 7.89. The van der Waals surface area contributed by atoms with E-state index in [4.69, 9.17) is 10.8 Å². The molecule has 1 aliphatic rings. The fourth-order valence-corrected chi connectivity index (χ4v) is 3.46. The molecule has 0 amide bonds. The third kappa shape index (κ3) is 2.71. The lowest BCUT2D eigenvalue weighted by Gasteiger charge is -2.11. The molecule has 104 valence electrons. The van der Waals surface area contributed by atoms with Crippen molar-refractivity contribution in [3.05, 3.63) is 23.8 Å². The first-order chi connectivity index (χ1) is 8.63. The van der Waals surface area contributed by atoms with Crippen LogP contribution in [0.4, 0.5) is 5.69 Å². The molecule has 0 radical (unpaired) electrons. The molecule has 1 fully saturated rings. The van der Waals surface area contributed by atoms with Crippen LogP contribution in [0.3, 0.4) is 0 Å². The minimum atomic E-state index is -3.85. The quantitative estimate of drug-likeness (QED) is 0.716. The minimum Gasteiger partial charge on any atom is -0.478 e. The summed E-state index contributed by atoms with van der Waals surface area (Å²) in [7, 11) is -3.85. The monoisotopic (exact) mass is 284 g/mol. The van der Waals surface area contributed by atoms with Crippen LogP contribution in [-0.4, -0.2) is 25.5 Å². The number of rotatable bonds is 4. The number of nitrogens with one attached hydrogen (secondary N) is 1. The number of benzene rings is 1. The Kier molecular flexibility index (Phi) is 3.06. The maximum atomic E-state index is 12.2. The Morgan fingerprint density at radius 2 is 2.05 bits per heavy atom. The first-order valence-electron chi connectivity index (χ1n) is 5.79. The molecule has 0 bridgehead atoms. The molecule has 6 nitrogen and oxygen atoms in total. The van der Waals surface area contributed by atoms with Crippen LogP contribution in [0.1, 0.15) is 30.6 Å². The van der Waals surface area contributed by atoms with Gasteiger partial charge in [0.1, 0.15) is 0 Å². The number of carbonyl (C=O) groups is 1. The van der Waals surface area contributed by atoms with E-state index in [1.165, 1.54) is 12.1 Å². The Bertz CT molecular complexity index is 637. The molecule has 19 heavy (non-hydrogen) atoms. The molecule has 1 aliphatic carbocycles. The zero-order valence-electron chi connectivity index (χ0n) is 10.7. The summed E-state index contributed by atoms with van der Waals surface area (Å²) < 4.78 is 26.9. The average Bonchev–Trinajstić information content (AvgIpc) is 2.84. The minimum absolute atomic E-state index is 0.0791. The van der Waals surface area contributed by atoms with E-state index in [2.05, 4.69) is 4.72 Å². The van der Waals surface area contributed by atoms with E-state index in [1.54, 1.807) is 0 Å². The highest BCUT2D eigenvalue weighted by atomic mass is 32.2. The highest BCUT2D eigenvalue weighted by Crippen LogP contribution is 2.45. The van der Waals surface area contributed by atoms with Gasteiger partial charge in [-0.3, -0.25) is 0 Å². The molecule has 1 aromatic rings. The second-order valence-electron chi connectivity index (χ2n) is 5.43. The summed E-state index contributed by atoms with van der Waals surface area (Å²) in [5.74, 6) is -1.32. The second kappa shape index (κ2) is 4.21. The normalized spacial score (nSPS) is 21.1. The van der Waals surface area contributed by atoms with Gasteiger partial charge in [-0.25, -0.2) is 17.9 Å². The number of aromatic carboxylic acids is 1. The molecule has 0 saturated heterocycles. The fraction of sp³-hybridized carbons (Fsp3) is 0.417. The number of carboxylic acid groups (broad SMARTS) is 1. The molecule has 7 heteroatoms. The van der Waals surface area contributed by atoms with Crippen LogP contribution in [0.2, 0.25) is 0 Å². The third-order valence-corrected chi connectivity index (χ3v) is 4.86. The maximum absolute atomic E-state index is 12.2. The van der Waals surface area contributed by atoms with Gasteiger partial charge in [0.2, 0.25) is 10.0 Å². The van der Waals surface area contributed by atoms with E-state index in [0.29, 0.717) is 0 Å². The SMILES string of the molecule is CC1(C)CC1NS(=O)(=O)c1ccc(N)cc1C(=O)O. The van der Waals surface area contributed by atoms with Crippen molar-refractivity contribution >= 4 is 21.7 Å². The number of carboxylic acids is 1. The van der Waals surface area contributed by atoms with Gasteiger partial charge in [0.15, 0.2) is 0 Å². The molecule has 2 rings (SSSR count). The van der Waals surface area contributed by atoms with E-state index < -0.39 is 16.0 Å². The predicted octanol–water partition coefficient (Wildman–Crippen LogP) is 1.04. The number of anilines is 1. The van der Waals surface area contributed by atoms with Crippen molar-refractivity contribution in [3.8, 4) is 0 Å². The van der Waals surface area contributed by atoms with Crippen LogP contribution < -0.4 is 10.5 Å². The van der Waals surface area contributed by atoms with Gasteiger partial charge in [-0.1, -0.05) is 13.8 Å². The van der Waals surface area contributed by atoms with Crippen LogP contribution in [-0.2, 0) is 10.0 Å². The molecule has 1 aromatic carbocycles. The van der Waals surface area contributed by atoms with Gasteiger partial charge < -0.3 is 10.8 Å². The smallest absolute Gasteiger partial charge is 0.337 e. The maximum Gasteiger partial charge on any atom is 0.337 e. The van der Waals surface area contributed by atoms with Crippen LogP contribution >= 0.6 is 0 Å². The van der Waals surface area contributed by atoms with Gasteiger partial charge in [0.25, 0.3) is 0 Å². The van der Waals surface area contributed by atoms with Gasteiger partial charge in [-0.15, -0.1) is 0 Å². The van der Waals surface area contributed by atoms with Crippen molar-refractivity contribution in [2.75, 3.05) is 5.73 Å².